The lowest BCUT2D eigenvalue weighted by Gasteiger charge is -2.27. The molecule has 0 saturated carbocycles. The van der Waals surface area contributed by atoms with E-state index in [0.717, 1.165) is 19.3 Å². The zero-order valence-corrected chi connectivity index (χ0v) is 10.7. The molecule has 0 aromatic heterocycles. The first-order valence-corrected chi connectivity index (χ1v) is 6.26. The molecule has 2 fully saturated rings. The Bertz CT molecular complexity index is 301. The predicted octanol–water partition coefficient (Wildman–Crippen LogP) is 1.16. The molecule has 2 aliphatic rings. The van der Waals surface area contributed by atoms with Crippen molar-refractivity contribution in [3.8, 4) is 0 Å². The van der Waals surface area contributed by atoms with E-state index in [1.54, 1.807) is 0 Å². The molecule has 17 heavy (non-hydrogen) atoms. The molecule has 0 aromatic carbocycles. The first-order chi connectivity index (χ1) is 7.85. The molecule has 0 aromatic rings. The fourth-order valence-electron chi connectivity index (χ4n) is 2.48. The first kappa shape index (κ1) is 12.6. The highest BCUT2D eigenvalue weighted by molar-refractivity contribution is 5.68. The molecular weight excluding hydrogens is 220 g/mol. The lowest BCUT2D eigenvalue weighted by Crippen LogP contribution is -2.43. The normalized spacial score (nSPS) is 36.7. The van der Waals surface area contributed by atoms with Crippen LogP contribution in [0.4, 0.5) is 4.79 Å². The maximum atomic E-state index is 11.7. The molecule has 0 spiro atoms. The quantitative estimate of drug-likeness (QED) is 0.723. The van der Waals surface area contributed by atoms with Crippen molar-refractivity contribution in [1.29, 1.82) is 0 Å². The van der Waals surface area contributed by atoms with E-state index in [1.807, 2.05) is 20.8 Å². The number of rotatable bonds is 1. The third-order valence-electron chi connectivity index (χ3n) is 3.25. The second-order valence-electron chi connectivity index (χ2n) is 5.94. The molecule has 2 heterocycles. The van der Waals surface area contributed by atoms with Gasteiger partial charge < -0.3 is 20.5 Å². The van der Waals surface area contributed by atoms with Crippen molar-refractivity contribution in [3.05, 3.63) is 0 Å². The van der Waals surface area contributed by atoms with Crippen molar-refractivity contribution in [2.45, 2.75) is 69.9 Å². The lowest BCUT2D eigenvalue weighted by atomic mass is 10.1. The highest BCUT2D eigenvalue weighted by atomic mass is 16.6. The average Bonchev–Trinajstić information content (AvgIpc) is 2.48. The monoisotopic (exact) mass is 242 g/mol. The van der Waals surface area contributed by atoms with Crippen molar-refractivity contribution in [1.82, 2.24) is 5.32 Å². The van der Waals surface area contributed by atoms with E-state index in [0.29, 0.717) is 0 Å². The number of hydrogen-bond acceptors (Lipinski definition) is 4. The molecule has 2 saturated heterocycles. The van der Waals surface area contributed by atoms with Crippen molar-refractivity contribution in [3.63, 3.8) is 0 Å². The van der Waals surface area contributed by atoms with Gasteiger partial charge in [-0.1, -0.05) is 0 Å². The van der Waals surface area contributed by atoms with Crippen LogP contribution in [0.15, 0.2) is 0 Å². The van der Waals surface area contributed by atoms with E-state index in [2.05, 4.69) is 5.32 Å². The van der Waals surface area contributed by atoms with E-state index in [9.17, 15) is 4.79 Å². The van der Waals surface area contributed by atoms with E-state index >= 15 is 0 Å². The molecule has 4 atom stereocenters. The number of amides is 1. The highest BCUT2D eigenvalue weighted by Crippen LogP contribution is 2.32. The molecule has 98 valence electrons. The lowest BCUT2D eigenvalue weighted by molar-refractivity contribution is -0.0133. The minimum atomic E-state index is -0.463. The molecule has 2 aliphatic heterocycles. The number of fused-ring (bicyclic) bond motifs is 2. The second kappa shape index (κ2) is 4.46. The zero-order valence-electron chi connectivity index (χ0n) is 10.7. The number of carbonyl (C=O) groups excluding carboxylic acids is 1. The van der Waals surface area contributed by atoms with E-state index in [4.69, 9.17) is 15.2 Å². The van der Waals surface area contributed by atoms with Crippen LogP contribution in [0.25, 0.3) is 0 Å². The maximum Gasteiger partial charge on any atom is 0.407 e. The molecule has 2 bridgehead atoms. The number of nitrogens with one attached hydrogen (secondary N) is 1. The van der Waals surface area contributed by atoms with Gasteiger partial charge in [0.05, 0.1) is 18.2 Å². The van der Waals surface area contributed by atoms with Gasteiger partial charge in [0.2, 0.25) is 0 Å². The Kier molecular flexibility index (Phi) is 3.32. The number of ether oxygens (including phenoxy) is 2. The van der Waals surface area contributed by atoms with Crippen LogP contribution in [-0.4, -0.2) is 36.0 Å². The first-order valence-electron chi connectivity index (χ1n) is 6.26. The van der Waals surface area contributed by atoms with Crippen LogP contribution in [0.1, 0.15) is 40.0 Å². The van der Waals surface area contributed by atoms with Gasteiger partial charge in [0.1, 0.15) is 5.60 Å². The number of carbonyl (C=O) groups is 1. The molecular formula is C12H22N2O3. The van der Waals surface area contributed by atoms with Crippen molar-refractivity contribution in [2.24, 2.45) is 5.73 Å². The van der Waals surface area contributed by atoms with Gasteiger partial charge in [-0.15, -0.1) is 0 Å². The molecule has 5 nitrogen and oxygen atoms in total. The summed E-state index contributed by atoms with van der Waals surface area (Å²) in [7, 11) is 0. The second-order valence-corrected chi connectivity index (χ2v) is 5.94. The molecule has 4 unspecified atom stereocenters. The minimum absolute atomic E-state index is 0.0448. The van der Waals surface area contributed by atoms with Gasteiger partial charge in [-0.25, -0.2) is 4.79 Å². The molecule has 2 rings (SSSR count). The Labute approximate surface area is 102 Å². The summed E-state index contributed by atoms with van der Waals surface area (Å²) in [5, 5.41) is 2.89. The summed E-state index contributed by atoms with van der Waals surface area (Å²) in [5.41, 5.74) is 5.48. The topological polar surface area (TPSA) is 73.6 Å². The van der Waals surface area contributed by atoms with Gasteiger partial charge >= 0.3 is 6.09 Å². The van der Waals surface area contributed by atoms with Crippen LogP contribution in [-0.2, 0) is 9.47 Å². The fraction of sp³-hybridized carbons (Fsp3) is 0.917. The van der Waals surface area contributed by atoms with E-state index < -0.39 is 5.60 Å². The smallest absolute Gasteiger partial charge is 0.407 e. The van der Waals surface area contributed by atoms with Gasteiger partial charge in [0.15, 0.2) is 0 Å². The van der Waals surface area contributed by atoms with Gasteiger partial charge in [-0.3, -0.25) is 0 Å². The van der Waals surface area contributed by atoms with Crippen LogP contribution < -0.4 is 11.1 Å². The Balaban J connectivity index is 1.86. The summed E-state index contributed by atoms with van der Waals surface area (Å²) in [4.78, 5) is 11.7. The summed E-state index contributed by atoms with van der Waals surface area (Å²) >= 11 is 0. The summed E-state index contributed by atoms with van der Waals surface area (Å²) < 4.78 is 11.0. The number of hydrogen-bond donors (Lipinski definition) is 2. The van der Waals surface area contributed by atoms with Gasteiger partial charge in [-0.05, 0) is 40.0 Å². The third-order valence-corrected chi connectivity index (χ3v) is 3.25. The highest BCUT2D eigenvalue weighted by Gasteiger charge is 2.42. The zero-order chi connectivity index (χ0) is 12.6. The number of alkyl carbamates (subject to hydrolysis) is 1. The van der Waals surface area contributed by atoms with Gasteiger partial charge in [-0.2, -0.15) is 0 Å². The standard InChI is InChI=1S/C12H22N2O3/c1-12(2,3)17-11(15)14-8-6-10-7(13)4-5-9(8)16-10/h7-10H,4-6,13H2,1-3H3,(H,14,15). The van der Waals surface area contributed by atoms with Crippen molar-refractivity contribution >= 4 is 6.09 Å². The van der Waals surface area contributed by atoms with Crippen LogP contribution in [0, 0.1) is 0 Å². The summed E-state index contributed by atoms with van der Waals surface area (Å²) in [5.74, 6) is 0. The molecule has 0 aliphatic carbocycles. The van der Waals surface area contributed by atoms with Gasteiger partial charge in [0, 0.05) is 6.04 Å². The Morgan fingerprint density at radius 3 is 2.65 bits per heavy atom. The third kappa shape index (κ3) is 3.10. The van der Waals surface area contributed by atoms with Crippen LogP contribution >= 0.6 is 0 Å². The Morgan fingerprint density at radius 1 is 1.35 bits per heavy atom. The predicted molar refractivity (Wildman–Crippen MR) is 63.6 cm³/mol. The van der Waals surface area contributed by atoms with Crippen molar-refractivity contribution < 1.29 is 14.3 Å². The largest absolute Gasteiger partial charge is 0.444 e. The van der Waals surface area contributed by atoms with Crippen molar-refractivity contribution in [2.75, 3.05) is 0 Å². The van der Waals surface area contributed by atoms with E-state index in [1.165, 1.54) is 0 Å². The number of nitrogens with two attached hydrogens (primary N) is 1. The molecule has 5 heteroatoms. The fourth-order valence-corrected chi connectivity index (χ4v) is 2.48. The Hall–Kier alpha value is -0.810. The average molecular weight is 242 g/mol. The van der Waals surface area contributed by atoms with Crippen LogP contribution in [0.2, 0.25) is 0 Å². The van der Waals surface area contributed by atoms with Gasteiger partial charge in [0.25, 0.3) is 0 Å². The Morgan fingerprint density at radius 2 is 2.06 bits per heavy atom. The van der Waals surface area contributed by atoms with E-state index in [-0.39, 0.29) is 30.4 Å². The molecule has 3 N–H and O–H groups in total. The minimum Gasteiger partial charge on any atom is -0.444 e. The summed E-state index contributed by atoms with van der Waals surface area (Å²) in [6.07, 6.45) is 2.51. The molecule has 0 radical (unpaired) electrons. The maximum absolute atomic E-state index is 11.7. The van der Waals surface area contributed by atoms with Crippen LogP contribution in [0.5, 0.6) is 0 Å². The summed E-state index contributed by atoms with van der Waals surface area (Å²) in [6, 6.07) is 0.153. The molecule has 1 amide bonds. The SMILES string of the molecule is CC(C)(C)OC(=O)NC1CC2OC1CCC2N. The van der Waals surface area contributed by atoms with Crippen LogP contribution in [0.3, 0.4) is 0 Å². The summed E-state index contributed by atoms with van der Waals surface area (Å²) in [6.45, 7) is 5.56.